The van der Waals surface area contributed by atoms with Gasteiger partial charge in [0.15, 0.2) is 0 Å². The number of hydrogen-bond donors (Lipinski definition) is 2. The van der Waals surface area contributed by atoms with Gasteiger partial charge in [-0.1, -0.05) is 39.0 Å². The number of rotatable bonds is 3. The van der Waals surface area contributed by atoms with Crippen LogP contribution in [0.3, 0.4) is 0 Å². The largest absolute Gasteiger partial charge is 0.354 e. The van der Waals surface area contributed by atoms with Crippen molar-refractivity contribution in [3.8, 4) is 0 Å². The van der Waals surface area contributed by atoms with E-state index in [2.05, 4.69) is 70.1 Å². The van der Waals surface area contributed by atoms with Gasteiger partial charge in [0.2, 0.25) is 0 Å². The molecule has 2 atom stereocenters. The van der Waals surface area contributed by atoms with Crippen LogP contribution in [0.15, 0.2) is 18.2 Å². The van der Waals surface area contributed by atoms with Gasteiger partial charge in [-0.3, -0.25) is 10.2 Å². The molecule has 0 saturated carbocycles. The number of anilines is 1. The molecule has 4 heteroatoms. The summed E-state index contributed by atoms with van der Waals surface area (Å²) >= 11 is 0. The molecule has 3 N–H and O–H groups in total. The van der Waals surface area contributed by atoms with E-state index >= 15 is 0 Å². The molecule has 1 heterocycles. The Morgan fingerprint density at radius 1 is 1.41 bits per heavy atom. The summed E-state index contributed by atoms with van der Waals surface area (Å²) in [7, 11) is 0. The van der Waals surface area contributed by atoms with Crippen LogP contribution in [0.5, 0.6) is 0 Å². The molecule has 0 fully saturated rings. The summed E-state index contributed by atoms with van der Waals surface area (Å²) in [5.41, 5.74) is 6.01. The molecule has 0 radical (unpaired) electrons. The predicted octanol–water partition coefficient (Wildman–Crippen LogP) is 3.10. The van der Waals surface area contributed by atoms with Gasteiger partial charge in [0, 0.05) is 11.2 Å². The fourth-order valence-electron chi connectivity index (χ4n) is 3.99. The number of aryl methyl sites for hydroxylation is 1. The topological polar surface area (TPSA) is 58.4 Å². The fraction of sp³-hybridized carbons (Fsp3) is 0.611. The lowest BCUT2D eigenvalue weighted by molar-refractivity contribution is -0.123. The van der Waals surface area contributed by atoms with Crippen molar-refractivity contribution in [3.63, 3.8) is 0 Å². The average Bonchev–Trinajstić information content (AvgIpc) is 2.42. The van der Waals surface area contributed by atoms with E-state index in [1.807, 2.05) is 0 Å². The zero-order chi connectivity index (χ0) is 16.7. The van der Waals surface area contributed by atoms with Crippen LogP contribution in [0.25, 0.3) is 0 Å². The molecule has 1 aliphatic rings. The lowest BCUT2D eigenvalue weighted by Crippen LogP contribution is -2.61. The minimum Gasteiger partial charge on any atom is -0.354 e. The Balaban J connectivity index is 2.66. The van der Waals surface area contributed by atoms with Crippen molar-refractivity contribution in [1.82, 2.24) is 5.43 Å². The smallest absolute Gasteiger partial charge is 0.256 e. The summed E-state index contributed by atoms with van der Waals surface area (Å²) in [6.45, 7) is 13.0. The number of carbonyl (C=O) groups is 1. The summed E-state index contributed by atoms with van der Waals surface area (Å²) in [6, 6.07) is 6.14. The van der Waals surface area contributed by atoms with Crippen molar-refractivity contribution in [1.29, 1.82) is 0 Å². The van der Waals surface area contributed by atoms with Crippen LogP contribution in [0.2, 0.25) is 0 Å². The molecule has 1 aromatic rings. The Labute approximate surface area is 134 Å². The highest BCUT2D eigenvalue weighted by Gasteiger charge is 2.43. The van der Waals surface area contributed by atoms with Gasteiger partial charge in [0.1, 0.15) is 6.04 Å². The van der Waals surface area contributed by atoms with E-state index < -0.39 is 0 Å². The molecule has 0 bridgehead atoms. The number of carbonyl (C=O) groups excluding carboxylic acids is 1. The molecular formula is C18H29N3O. The highest BCUT2D eigenvalue weighted by molar-refractivity contribution is 5.86. The van der Waals surface area contributed by atoms with Crippen molar-refractivity contribution in [3.05, 3.63) is 29.3 Å². The first-order chi connectivity index (χ1) is 10.2. The van der Waals surface area contributed by atoms with Gasteiger partial charge in [-0.15, -0.1) is 0 Å². The Kier molecular flexibility index (Phi) is 4.52. The van der Waals surface area contributed by atoms with Crippen molar-refractivity contribution < 1.29 is 4.79 Å². The molecule has 22 heavy (non-hydrogen) atoms. The van der Waals surface area contributed by atoms with E-state index in [9.17, 15) is 4.79 Å². The van der Waals surface area contributed by atoms with Gasteiger partial charge >= 0.3 is 0 Å². The Hall–Kier alpha value is -1.55. The quantitative estimate of drug-likeness (QED) is 0.512. The number of para-hydroxylation sites is 1. The summed E-state index contributed by atoms with van der Waals surface area (Å²) in [5.74, 6) is 6.00. The van der Waals surface area contributed by atoms with E-state index in [1.54, 1.807) is 0 Å². The Morgan fingerprint density at radius 3 is 2.59 bits per heavy atom. The molecule has 1 amide bonds. The number of benzene rings is 1. The monoisotopic (exact) mass is 303 g/mol. The van der Waals surface area contributed by atoms with Gasteiger partial charge in [-0.05, 0) is 50.2 Å². The molecule has 1 aliphatic heterocycles. The summed E-state index contributed by atoms with van der Waals surface area (Å²) < 4.78 is 0. The molecule has 4 nitrogen and oxygen atoms in total. The van der Waals surface area contributed by atoms with Crippen molar-refractivity contribution in [2.24, 2.45) is 11.8 Å². The Morgan fingerprint density at radius 2 is 2.05 bits per heavy atom. The maximum atomic E-state index is 12.5. The summed E-state index contributed by atoms with van der Waals surface area (Å²) in [6.07, 6.45) is 1.02. The highest BCUT2D eigenvalue weighted by atomic mass is 16.2. The number of nitrogens with two attached hydrogens (primary N) is 1. The molecule has 2 rings (SSSR count). The van der Waals surface area contributed by atoms with Crippen LogP contribution in [0, 0.1) is 12.8 Å². The van der Waals surface area contributed by atoms with Crippen LogP contribution in [0.4, 0.5) is 5.69 Å². The molecule has 0 aliphatic carbocycles. The number of nitrogens with one attached hydrogen (secondary N) is 1. The van der Waals surface area contributed by atoms with Crippen molar-refractivity contribution >= 4 is 11.6 Å². The fourth-order valence-corrected chi connectivity index (χ4v) is 3.99. The van der Waals surface area contributed by atoms with Crippen LogP contribution < -0.4 is 16.2 Å². The van der Waals surface area contributed by atoms with Gasteiger partial charge < -0.3 is 4.90 Å². The minimum atomic E-state index is -0.271. The third-order valence-electron chi connectivity index (χ3n) is 4.82. The van der Waals surface area contributed by atoms with Crippen LogP contribution in [-0.4, -0.2) is 17.5 Å². The van der Waals surface area contributed by atoms with Crippen LogP contribution in [0.1, 0.15) is 58.1 Å². The van der Waals surface area contributed by atoms with Gasteiger partial charge in [-0.25, -0.2) is 5.84 Å². The first kappa shape index (κ1) is 16.8. The molecule has 0 saturated heterocycles. The first-order valence-electron chi connectivity index (χ1n) is 8.10. The van der Waals surface area contributed by atoms with Gasteiger partial charge in [-0.2, -0.15) is 0 Å². The Bertz CT molecular complexity index is 565. The highest BCUT2D eigenvalue weighted by Crippen LogP contribution is 2.46. The van der Waals surface area contributed by atoms with Crippen LogP contribution >= 0.6 is 0 Å². The van der Waals surface area contributed by atoms with E-state index in [0.717, 1.165) is 6.42 Å². The van der Waals surface area contributed by atoms with Crippen molar-refractivity contribution in [2.45, 2.75) is 65.5 Å². The normalized spacial score (nSPS) is 21.5. The maximum Gasteiger partial charge on any atom is 0.256 e. The third kappa shape index (κ3) is 2.72. The number of hydrazine groups is 1. The second-order valence-electron chi connectivity index (χ2n) is 7.50. The van der Waals surface area contributed by atoms with Crippen molar-refractivity contribution in [2.75, 3.05) is 4.90 Å². The zero-order valence-electron chi connectivity index (χ0n) is 14.6. The number of fused-ring (bicyclic) bond motifs is 1. The van der Waals surface area contributed by atoms with Gasteiger partial charge in [0.05, 0.1) is 0 Å². The third-order valence-corrected chi connectivity index (χ3v) is 4.82. The molecule has 0 spiro atoms. The second-order valence-corrected chi connectivity index (χ2v) is 7.50. The molecule has 0 unspecified atom stereocenters. The van der Waals surface area contributed by atoms with E-state index in [-0.39, 0.29) is 23.4 Å². The lowest BCUT2D eigenvalue weighted by atomic mass is 9.77. The molecule has 122 valence electrons. The van der Waals surface area contributed by atoms with E-state index in [1.165, 1.54) is 16.8 Å². The molecule has 1 aromatic carbocycles. The lowest BCUT2D eigenvalue weighted by Gasteiger charge is -2.52. The summed E-state index contributed by atoms with van der Waals surface area (Å²) in [4.78, 5) is 14.8. The minimum absolute atomic E-state index is 0.0972. The number of amides is 1. The van der Waals surface area contributed by atoms with Gasteiger partial charge in [0.25, 0.3) is 5.91 Å². The number of nitrogens with zero attached hydrogens (tertiary/aromatic N) is 1. The standard InChI is InChI=1S/C18H29N3O/c1-11(2)15(17(22)20-19)21-16-12(3)8-7-9-14(16)13(4)10-18(21,5)6/h7-9,11,13,15H,10,19H2,1-6H3,(H,20,22)/t13-,15+/m1/s1. The van der Waals surface area contributed by atoms with E-state index in [0.29, 0.717) is 5.92 Å². The average molecular weight is 303 g/mol. The second kappa shape index (κ2) is 5.92. The number of hydrogen-bond acceptors (Lipinski definition) is 3. The zero-order valence-corrected chi connectivity index (χ0v) is 14.6. The molecular weight excluding hydrogens is 274 g/mol. The van der Waals surface area contributed by atoms with Crippen LogP contribution in [-0.2, 0) is 4.79 Å². The molecule has 0 aromatic heterocycles. The summed E-state index contributed by atoms with van der Waals surface area (Å²) in [5, 5.41) is 0. The maximum absolute atomic E-state index is 12.5. The first-order valence-corrected chi connectivity index (χ1v) is 8.10. The SMILES string of the molecule is Cc1cccc2c1N([C@H](C(=O)NN)C(C)C)C(C)(C)C[C@H]2C. The van der Waals surface area contributed by atoms with E-state index in [4.69, 9.17) is 5.84 Å². The predicted molar refractivity (Wildman–Crippen MR) is 91.7 cm³/mol.